The molecule has 0 amide bonds. The first-order valence-corrected chi connectivity index (χ1v) is 10.0. The molecule has 0 aliphatic rings. The van der Waals surface area contributed by atoms with Gasteiger partial charge in [-0.25, -0.2) is 0 Å². The highest BCUT2D eigenvalue weighted by Gasteiger charge is 2.39. The van der Waals surface area contributed by atoms with Crippen LogP contribution >= 0.6 is 0 Å². The molecule has 0 fully saturated rings. The highest BCUT2D eigenvalue weighted by molar-refractivity contribution is 5.81. The first-order valence-electron chi connectivity index (χ1n) is 10.0. The second kappa shape index (κ2) is 7.54. The number of aromatic nitrogens is 2. The summed E-state index contributed by atoms with van der Waals surface area (Å²) in [7, 11) is 0. The molecule has 1 heterocycles. The number of rotatable bonds is 5. The highest BCUT2D eigenvalue weighted by atomic mass is 16.6. The van der Waals surface area contributed by atoms with Gasteiger partial charge in [0, 0.05) is 23.7 Å². The number of benzene rings is 4. The Morgan fingerprint density at radius 3 is 1.65 bits per heavy atom. The van der Waals surface area contributed by atoms with E-state index in [1.165, 1.54) is 6.07 Å². The van der Waals surface area contributed by atoms with E-state index in [0.29, 0.717) is 5.52 Å². The minimum absolute atomic E-state index is 0.0526. The summed E-state index contributed by atoms with van der Waals surface area (Å²) < 4.78 is 1.93. The minimum Gasteiger partial charge on any atom is -0.258 e. The lowest BCUT2D eigenvalue weighted by Gasteiger charge is -2.36. The van der Waals surface area contributed by atoms with E-state index < -0.39 is 5.54 Å². The summed E-state index contributed by atoms with van der Waals surface area (Å²) >= 11 is 0. The number of nitrogens with zero attached hydrogens (tertiary/aromatic N) is 3. The molecule has 0 spiro atoms. The molecule has 150 valence electrons. The van der Waals surface area contributed by atoms with Crippen molar-refractivity contribution in [1.82, 2.24) is 9.78 Å². The standard InChI is InChI=1S/C26H19N3O2/c30-29(31)24-16-17-25-20(18-24)19-28(27-25)26(21-10-4-1-5-11-21,22-12-6-2-7-13-22)23-14-8-3-9-15-23/h1-19H. The fourth-order valence-electron chi connectivity index (χ4n) is 4.23. The molecule has 4 aromatic carbocycles. The van der Waals surface area contributed by atoms with E-state index in [4.69, 9.17) is 5.10 Å². The Bertz CT molecular complexity index is 1250. The van der Waals surface area contributed by atoms with Gasteiger partial charge in [-0.1, -0.05) is 91.0 Å². The van der Waals surface area contributed by atoms with Crippen molar-refractivity contribution in [2.45, 2.75) is 5.54 Å². The Hall–Kier alpha value is -4.25. The average molecular weight is 405 g/mol. The quantitative estimate of drug-likeness (QED) is 0.211. The van der Waals surface area contributed by atoms with Crippen LogP contribution in [0.3, 0.4) is 0 Å². The Balaban J connectivity index is 1.88. The van der Waals surface area contributed by atoms with E-state index >= 15 is 0 Å². The zero-order chi connectivity index (χ0) is 21.3. The van der Waals surface area contributed by atoms with E-state index in [2.05, 4.69) is 36.4 Å². The van der Waals surface area contributed by atoms with Crippen LogP contribution in [0.25, 0.3) is 10.9 Å². The molecule has 5 heteroatoms. The molecular weight excluding hydrogens is 386 g/mol. The number of nitro groups is 1. The maximum atomic E-state index is 11.3. The predicted molar refractivity (Wildman–Crippen MR) is 121 cm³/mol. The maximum Gasteiger partial charge on any atom is 0.270 e. The van der Waals surface area contributed by atoms with Crippen molar-refractivity contribution in [1.29, 1.82) is 0 Å². The van der Waals surface area contributed by atoms with E-state index in [1.54, 1.807) is 12.1 Å². The first-order chi connectivity index (χ1) is 15.2. The molecule has 31 heavy (non-hydrogen) atoms. The average Bonchev–Trinajstić information content (AvgIpc) is 3.25. The zero-order valence-corrected chi connectivity index (χ0v) is 16.6. The normalized spacial score (nSPS) is 11.5. The van der Waals surface area contributed by atoms with Gasteiger partial charge in [0.15, 0.2) is 0 Å². The van der Waals surface area contributed by atoms with Gasteiger partial charge in [-0.15, -0.1) is 0 Å². The molecule has 0 saturated heterocycles. The van der Waals surface area contributed by atoms with Crippen molar-refractivity contribution in [3.63, 3.8) is 0 Å². The first kappa shape index (κ1) is 18.8. The monoisotopic (exact) mass is 405 g/mol. The number of non-ortho nitro benzene ring substituents is 1. The number of nitro benzene ring substituents is 1. The van der Waals surface area contributed by atoms with Crippen LogP contribution in [0.4, 0.5) is 5.69 Å². The van der Waals surface area contributed by atoms with E-state index in [1.807, 2.05) is 65.5 Å². The van der Waals surface area contributed by atoms with Gasteiger partial charge in [-0.2, -0.15) is 5.10 Å². The summed E-state index contributed by atoms with van der Waals surface area (Å²) in [5, 5.41) is 16.9. The van der Waals surface area contributed by atoms with Crippen molar-refractivity contribution in [3.8, 4) is 0 Å². The summed E-state index contributed by atoms with van der Waals surface area (Å²) in [5.74, 6) is 0. The minimum atomic E-state index is -0.739. The second-order valence-corrected chi connectivity index (χ2v) is 7.38. The number of hydrogen-bond acceptors (Lipinski definition) is 3. The number of hydrogen-bond donors (Lipinski definition) is 0. The fourth-order valence-corrected chi connectivity index (χ4v) is 4.23. The molecule has 5 aromatic rings. The highest BCUT2D eigenvalue weighted by Crippen LogP contribution is 2.41. The third-order valence-electron chi connectivity index (χ3n) is 5.62. The van der Waals surface area contributed by atoms with Crippen molar-refractivity contribution in [2.75, 3.05) is 0 Å². The predicted octanol–water partition coefficient (Wildman–Crippen LogP) is 5.78. The van der Waals surface area contributed by atoms with E-state index in [0.717, 1.165) is 22.1 Å². The molecule has 0 aliphatic carbocycles. The lowest BCUT2D eigenvalue weighted by molar-refractivity contribution is -0.384. The van der Waals surface area contributed by atoms with Crippen LogP contribution in [0.5, 0.6) is 0 Å². The van der Waals surface area contributed by atoms with Crippen LogP contribution in [-0.4, -0.2) is 14.7 Å². The maximum absolute atomic E-state index is 11.3. The molecule has 0 saturated carbocycles. The number of fused-ring (bicyclic) bond motifs is 1. The molecule has 0 N–H and O–H groups in total. The van der Waals surface area contributed by atoms with Gasteiger partial charge in [0.25, 0.3) is 5.69 Å². The zero-order valence-electron chi connectivity index (χ0n) is 16.6. The van der Waals surface area contributed by atoms with Crippen LogP contribution in [0.15, 0.2) is 115 Å². The van der Waals surface area contributed by atoms with Gasteiger partial charge in [0.05, 0.1) is 10.4 Å². The molecule has 5 nitrogen and oxygen atoms in total. The van der Waals surface area contributed by atoms with Crippen LogP contribution < -0.4 is 0 Å². The lowest BCUT2D eigenvalue weighted by atomic mass is 9.77. The van der Waals surface area contributed by atoms with Crippen molar-refractivity contribution in [3.05, 3.63) is 142 Å². The van der Waals surface area contributed by atoms with Gasteiger partial charge >= 0.3 is 0 Å². The van der Waals surface area contributed by atoms with E-state index in [-0.39, 0.29) is 10.6 Å². The fraction of sp³-hybridized carbons (Fsp3) is 0.0385. The third-order valence-corrected chi connectivity index (χ3v) is 5.62. The SMILES string of the molecule is O=[N+]([O-])c1ccc2nn(C(c3ccccc3)(c3ccccc3)c3ccccc3)cc2c1. The molecule has 0 unspecified atom stereocenters. The second-order valence-electron chi connectivity index (χ2n) is 7.38. The van der Waals surface area contributed by atoms with Gasteiger partial charge in [-0.3, -0.25) is 14.8 Å². The Labute approximate surface area is 179 Å². The summed E-state index contributed by atoms with van der Waals surface area (Å²) in [5.41, 5.74) is 3.17. The molecule has 0 atom stereocenters. The van der Waals surface area contributed by atoms with Crippen molar-refractivity contribution in [2.24, 2.45) is 0 Å². The van der Waals surface area contributed by atoms with Crippen LogP contribution in [-0.2, 0) is 5.54 Å². The summed E-state index contributed by atoms with van der Waals surface area (Å²) in [4.78, 5) is 10.9. The van der Waals surface area contributed by atoms with Crippen molar-refractivity contribution >= 4 is 16.6 Å². The molecule has 0 aliphatic heterocycles. The smallest absolute Gasteiger partial charge is 0.258 e. The Kier molecular flexibility index (Phi) is 4.56. The summed E-state index contributed by atoms with van der Waals surface area (Å²) in [6.07, 6.45) is 1.90. The van der Waals surface area contributed by atoms with Gasteiger partial charge in [0.1, 0.15) is 5.54 Å². The largest absolute Gasteiger partial charge is 0.270 e. The van der Waals surface area contributed by atoms with E-state index in [9.17, 15) is 10.1 Å². The van der Waals surface area contributed by atoms with Gasteiger partial charge < -0.3 is 0 Å². The summed E-state index contributed by atoms with van der Waals surface area (Å²) in [6.45, 7) is 0. The Morgan fingerprint density at radius 2 is 1.19 bits per heavy atom. The van der Waals surface area contributed by atoms with Gasteiger partial charge in [0.2, 0.25) is 0 Å². The molecular formula is C26H19N3O2. The molecule has 1 aromatic heterocycles. The topological polar surface area (TPSA) is 61.0 Å². The third kappa shape index (κ3) is 3.07. The van der Waals surface area contributed by atoms with Gasteiger partial charge in [-0.05, 0) is 22.8 Å². The van der Waals surface area contributed by atoms with Crippen LogP contribution in [0.2, 0.25) is 0 Å². The molecule has 0 radical (unpaired) electrons. The lowest BCUT2D eigenvalue weighted by Crippen LogP contribution is -2.38. The van der Waals surface area contributed by atoms with Crippen molar-refractivity contribution < 1.29 is 4.92 Å². The van der Waals surface area contributed by atoms with Crippen LogP contribution in [0, 0.1) is 10.1 Å². The van der Waals surface area contributed by atoms with Crippen LogP contribution in [0.1, 0.15) is 16.7 Å². The summed E-state index contributed by atoms with van der Waals surface area (Å²) in [6, 6.07) is 35.4. The Morgan fingerprint density at radius 1 is 0.710 bits per heavy atom. The molecule has 0 bridgehead atoms. The molecule has 5 rings (SSSR count).